The van der Waals surface area contributed by atoms with Gasteiger partial charge in [0.25, 0.3) is 0 Å². The van der Waals surface area contributed by atoms with Gasteiger partial charge in [0, 0.05) is 11.3 Å². The van der Waals surface area contributed by atoms with Gasteiger partial charge < -0.3 is 10.1 Å². The van der Waals surface area contributed by atoms with E-state index in [-0.39, 0.29) is 5.97 Å². The van der Waals surface area contributed by atoms with Crippen molar-refractivity contribution in [2.45, 2.75) is 31.1 Å². The van der Waals surface area contributed by atoms with Crippen molar-refractivity contribution in [2.24, 2.45) is 0 Å². The standard InChI is InChI=1S/C14H18ClNO2S/c1-9-12(4-3-7-19-9)16-13-8-10(14(17)18-2)5-6-11(13)15/h5-6,8-9,12,16H,3-4,7H2,1-2H3. The van der Waals surface area contributed by atoms with E-state index in [0.29, 0.717) is 21.9 Å². The molecule has 0 spiro atoms. The van der Waals surface area contributed by atoms with Crippen LogP contribution in [0.5, 0.6) is 0 Å². The molecular weight excluding hydrogens is 282 g/mol. The molecule has 0 saturated carbocycles. The first-order valence-electron chi connectivity index (χ1n) is 6.38. The second-order valence-electron chi connectivity index (χ2n) is 4.66. The summed E-state index contributed by atoms with van der Waals surface area (Å²) in [5, 5.41) is 4.64. The zero-order valence-electron chi connectivity index (χ0n) is 11.1. The minimum absolute atomic E-state index is 0.342. The van der Waals surface area contributed by atoms with Crippen LogP contribution in [0.2, 0.25) is 5.02 Å². The van der Waals surface area contributed by atoms with Gasteiger partial charge in [0.1, 0.15) is 0 Å². The molecule has 104 valence electrons. The van der Waals surface area contributed by atoms with Crippen molar-refractivity contribution < 1.29 is 9.53 Å². The molecular formula is C14H18ClNO2S. The lowest BCUT2D eigenvalue weighted by molar-refractivity contribution is 0.0601. The third-order valence-electron chi connectivity index (χ3n) is 3.34. The molecule has 0 radical (unpaired) electrons. The predicted molar refractivity (Wildman–Crippen MR) is 81.4 cm³/mol. The molecule has 1 aliphatic rings. The summed E-state index contributed by atoms with van der Waals surface area (Å²) in [6, 6.07) is 5.57. The molecule has 0 aromatic heterocycles. The van der Waals surface area contributed by atoms with Crippen molar-refractivity contribution in [3.63, 3.8) is 0 Å². The molecule has 1 saturated heterocycles. The molecule has 2 unspecified atom stereocenters. The smallest absolute Gasteiger partial charge is 0.337 e. The second kappa shape index (κ2) is 6.53. The van der Waals surface area contributed by atoms with Gasteiger partial charge in [0.15, 0.2) is 0 Å². The Kier molecular flexibility index (Phi) is 4.99. The fraction of sp³-hybridized carbons (Fsp3) is 0.500. The zero-order chi connectivity index (χ0) is 13.8. The van der Waals surface area contributed by atoms with Gasteiger partial charge in [-0.05, 0) is 36.8 Å². The molecule has 3 nitrogen and oxygen atoms in total. The number of anilines is 1. The van der Waals surface area contributed by atoms with E-state index in [2.05, 4.69) is 12.2 Å². The first kappa shape index (κ1) is 14.5. The van der Waals surface area contributed by atoms with E-state index in [1.165, 1.54) is 19.3 Å². The molecule has 2 rings (SSSR count). The number of esters is 1. The number of methoxy groups -OCH3 is 1. The van der Waals surface area contributed by atoms with Crippen molar-refractivity contribution in [2.75, 3.05) is 18.2 Å². The molecule has 1 aromatic rings. The van der Waals surface area contributed by atoms with E-state index in [0.717, 1.165) is 12.1 Å². The van der Waals surface area contributed by atoms with Crippen LogP contribution in [-0.2, 0) is 4.74 Å². The van der Waals surface area contributed by atoms with Crippen LogP contribution in [-0.4, -0.2) is 30.1 Å². The van der Waals surface area contributed by atoms with Crippen LogP contribution < -0.4 is 5.32 Å². The number of carbonyl (C=O) groups excluding carboxylic acids is 1. The predicted octanol–water partition coefficient (Wildman–Crippen LogP) is 3.82. The molecule has 2 atom stereocenters. The number of hydrogen-bond donors (Lipinski definition) is 1. The highest BCUT2D eigenvalue weighted by molar-refractivity contribution is 8.00. The summed E-state index contributed by atoms with van der Waals surface area (Å²) in [4.78, 5) is 11.5. The maximum absolute atomic E-state index is 11.5. The molecule has 5 heteroatoms. The summed E-state index contributed by atoms with van der Waals surface area (Å²) < 4.78 is 4.73. The second-order valence-corrected chi connectivity index (χ2v) is 6.55. The van der Waals surface area contributed by atoms with E-state index >= 15 is 0 Å². The van der Waals surface area contributed by atoms with Gasteiger partial charge in [0.05, 0.1) is 23.4 Å². The minimum Gasteiger partial charge on any atom is -0.465 e. The fourth-order valence-electron chi connectivity index (χ4n) is 2.19. The summed E-state index contributed by atoms with van der Waals surface area (Å²) >= 11 is 8.16. The Balaban J connectivity index is 2.16. The average Bonchev–Trinajstić information content (AvgIpc) is 2.42. The van der Waals surface area contributed by atoms with E-state index in [1.807, 2.05) is 11.8 Å². The quantitative estimate of drug-likeness (QED) is 0.861. The normalized spacial score (nSPS) is 22.9. The first-order chi connectivity index (χ1) is 9.11. The van der Waals surface area contributed by atoms with Crippen molar-refractivity contribution in [3.8, 4) is 0 Å². The topological polar surface area (TPSA) is 38.3 Å². The Morgan fingerprint density at radius 2 is 2.32 bits per heavy atom. The Hall–Kier alpha value is -0.870. The Bertz CT molecular complexity index is 467. The van der Waals surface area contributed by atoms with Crippen LogP contribution in [0, 0.1) is 0 Å². The largest absolute Gasteiger partial charge is 0.465 e. The molecule has 1 heterocycles. The van der Waals surface area contributed by atoms with E-state index in [1.54, 1.807) is 18.2 Å². The zero-order valence-corrected chi connectivity index (χ0v) is 12.7. The van der Waals surface area contributed by atoms with Gasteiger partial charge in [-0.15, -0.1) is 0 Å². The van der Waals surface area contributed by atoms with Crippen molar-refractivity contribution in [1.82, 2.24) is 0 Å². The van der Waals surface area contributed by atoms with Crippen LogP contribution in [0.25, 0.3) is 0 Å². The van der Waals surface area contributed by atoms with Gasteiger partial charge in [-0.3, -0.25) is 0 Å². The maximum Gasteiger partial charge on any atom is 0.337 e. The SMILES string of the molecule is COC(=O)c1ccc(Cl)c(NC2CCCSC2C)c1. The van der Waals surface area contributed by atoms with E-state index in [9.17, 15) is 4.79 Å². The third-order valence-corrected chi connectivity index (χ3v) is 5.04. The summed E-state index contributed by atoms with van der Waals surface area (Å²) in [5.41, 5.74) is 1.33. The number of hydrogen-bond acceptors (Lipinski definition) is 4. The maximum atomic E-state index is 11.5. The Morgan fingerprint density at radius 1 is 1.53 bits per heavy atom. The van der Waals surface area contributed by atoms with Gasteiger partial charge in [-0.25, -0.2) is 4.79 Å². The highest BCUT2D eigenvalue weighted by Gasteiger charge is 2.22. The van der Waals surface area contributed by atoms with Gasteiger partial charge in [0.2, 0.25) is 0 Å². The Morgan fingerprint density at radius 3 is 3.00 bits per heavy atom. The number of nitrogens with one attached hydrogen (secondary N) is 1. The van der Waals surface area contributed by atoms with Crippen LogP contribution in [0.3, 0.4) is 0 Å². The van der Waals surface area contributed by atoms with E-state index in [4.69, 9.17) is 16.3 Å². The molecule has 1 aromatic carbocycles. The lowest BCUT2D eigenvalue weighted by Gasteiger charge is -2.30. The van der Waals surface area contributed by atoms with Gasteiger partial charge in [-0.2, -0.15) is 11.8 Å². The molecule has 0 aliphatic carbocycles. The molecule has 19 heavy (non-hydrogen) atoms. The van der Waals surface area contributed by atoms with Crippen molar-refractivity contribution in [1.29, 1.82) is 0 Å². The lowest BCUT2D eigenvalue weighted by atomic mass is 10.1. The number of rotatable bonds is 3. The number of benzene rings is 1. The average molecular weight is 300 g/mol. The number of carbonyl (C=O) groups is 1. The van der Waals surface area contributed by atoms with E-state index < -0.39 is 0 Å². The number of thioether (sulfide) groups is 1. The highest BCUT2D eigenvalue weighted by atomic mass is 35.5. The van der Waals surface area contributed by atoms with Crippen LogP contribution in [0.15, 0.2) is 18.2 Å². The summed E-state index contributed by atoms with van der Waals surface area (Å²) in [6.07, 6.45) is 2.34. The first-order valence-corrected chi connectivity index (χ1v) is 7.80. The summed E-state index contributed by atoms with van der Waals surface area (Å²) in [5.74, 6) is 0.876. The number of halogens is 1. The van der Waals surface area contributed by atoms with Crippen LogP contribution in [0.4, 0.5) is 5.69 Å². The fourth-order valence-corrected chi connectivity index (χ4v) is 3.51. The molecule has 0 bridgehead atoms. The van der Waals surface area contributed by atoms with Crippen LogP contribution >= 0.6 is 23.4 Å². The monoisotopic (exact) mass is 299 g/mol. The van der Waals surface area contributed by atoms with Crippen LogP contribution in [0.1, 0.15) is 30.1 Å². The summed E-state index contributed by atoms with van der Waals surface area (Å²) in [7, 11) is 1.38. The molecule has 1 aliphatic heterocycles. The Labute approximate surface area is 123 Å². The van der Waals surface area contributed by atoms with Gasteiger partial charge in [-0.1, -0.05) is 18.5 Å². The molecule has 1 fully saturated rings. The van der Waals surface area contributed by atoms with Gasteiger partial charge >= 0.3 is 5.97 Å². The van der Waals surface area contributed by atoms with Crippen molar-refractivity contribution >= 4 is 35.0 Å². The minimum atomic E-state index is -0.342. The highest BCUT2D eigenvalue weighted by Crippen LogP contribution is 2.31. The third kappa shape index (κ3) is 3.57. The lowest BCUT2D eigenvalue weighted by Crippen LogP contribution is -2.32. The molecule has 1 N–H and O–H groups in total. The number of ether oxygens (including phenoxy) is 1. The molecule has 0 amide bonds. The van der Waals surface area contributed by atoms with Crippen molar-refractivity contribution in [3.05, 3.63) is 28.8 Å². The summed E-state index contributed by atoms with van der Waals surface area (Å²) in [6.45, 7) is 2.22.